The SMILES string of the molecule is Cc1[nH]c2ccccc2c1/C=N\N(C(N)=O)c1ccccc1. The zero-order valence-corrected chi connectivity index (χ0v) is 12.2. The molecule has 0 unspecified atom stereocenters. The lowest BCUT2D eigenvalue weighted by Crippen LogP contribution is -2.31. The molecule has 22 heavy (non-hydrogen) atoms. The number of nitrogens with zero attached hydrogens (tertiary/aromatic N) is 2. The van der Waals surface area contributed by atoms with Crippen LogP contribution in [0, 0.1) is 6.92 Å². The summed E-state index contributed by atoms with van der Waals surface area (Å²) in [6, 6.07) is 16.4. The summed E-state index contributed by atoms with van der Waals surface area (Å²) in [4.78, 5) is 14.9. The second-order valence-electron chi connectivity index (χ2n) is 4.94. The number of aryl methyl sites for hydroxylation is 1. The fourth-order valence-electron chi connectivity index (χ4n) is 2.40. The van der Waals surface area contributed by atoms with Gasteiger partial charge in [0.25, 0.3) is 0 Å². The lowest BCUT2D eigenvalue weighted by Gasteiger charge is -2.13. The number of para-hydroxylation sites is 2. The van der Waals surface area contributed by atoms with E-state index in [1.807, 2.05) is 49.4 Å². The van der Waals surface area contributed by atoms with Gasteiger partial charge in [-0.3, -0.25) is 0 Å². The van der Waals surface area contributed by atoms with Gasteiger partial charge in [-0.05, 0) is 25.1 Å². The number of fused-ring (bicyclic) bond motifs is 1. The number of benzene rings is 2. The molecule has 1 heterocycles. The predicted molar refractivity (Wildman–Crippen MR) is 89.1 cm³/mol. The maximum atomic E-state index is 11.6. The van der Waals surface area contributed by atoms with Gasteiger partial charge in [0.15, 0.2) is 0 Å². The molecule has 5 heteroatoms. The van der Waals surface area contributed by atoms with E-state index in [0.717, 1.165) is 22.2 Å². The van der Waals surface area contributed by atoms with E-state index in [1.54, 1.807) is 18.3 Å². The van der Waals surface area contributed by atoms with E-state index in [9.17, 15) is 4.79 Å². The molecule has 3 aromatic rings. The molecule has 0 spiro atoms. The Morgan fingerprint density at radius 2 is 1.82 bits per heavy atom. The highest BCUT2D eigenvalue weighted by molar-refractivity contribution is 6.02. The van der Waals surface area contributed by atoms with Crippen LogP contribution in [0.4, 0.5) is 10.5 Å². The molecule has 0 saturated heterocycles. The van der Waals surface area contributed by atoms with Crippen LogP contribution in [0.2, 0.25) is 0 Å². The molecule has 0 aliphatic carbocycles. The van der Waals surface area contributed by atoms with Crippen LogP contribution in [0.1, 0.15) is 11.3 Å². The van der Waals surface area contributed by atoms with E-state index in [-0.39, 0.29) is 0 Å². The third kappa shape index (κ3) is 2.56. The number of hydrogen-bond donors (Lipinski definition) is 2. The average Bonchev–Trinajstić information content (AvgIpc) is 2.84. The van der Waals surface area contributed by atoms with Crippen LogP contribution in [0.15, 0.2) is 59.7 Å². The lowest BCUT2D eigenvalue weighted by atomic mass is 10.1. The highest BCUT2D eigenvalue weighted by atomic mass is 16.2. The van der Waals surface area contributed by atoms with Gasteiger partial charge < -0.3 is 10.7 Å². The minimum Gasteiger partial charge on any atom is -0.358 e. The Labute approximate surface area is 128 Å². The van der Waals surface area contributed by atoms with Crippen molar-refractivity contribution in [1.29, 1.82) is 0 Å². The van der Waals surface area contributed by atoms with Gasteiger partial charge in [-0.1, -0.05) is 36.4 Å². The third-order valence-electron chi connectivity index (χ3n) is 3.46. The van der Waals surface area contributed by atoms with Gasteiger partial charge in [0, 0.05) is 22.2 Å². The van der Waals surface area contributed by atoms with Crippen LogP contribution in [-0.2, 0) is 0 Å². The molecule has 2 amide bonds. The van der Waals surface area contributed by atoms with Crippen molar-refractivity contribution < 1.29 is 4.79 Å². The first-order chi connectivity index (χ1) is 10.7. The van der Waals surface area contributed by atoms with Gasteiger partial charge in [0.2, 0.25) is 0 Å². The summed E-state index contributed by atoms with van der Waals surface area (Å²) < 4.78 is 0. The van der Waals surface area contributed by atoms with E-state index in [1.165, 1.54) is 5.01 Å². The number of carbonyl (C=O) groups excluding carboxylic acids is 1. The Morgan fingerprint density at radius 1 is 1.14 bits per heavy atom. The van der Waals surface area contributed by atoms with E-state index in [4.69, 9.17) is 5.73 Å². The predicted octanol–water partition coefficient (Wildman–Crippen LogP) is 3.40. The van der Waals surface area contributed by atoms with Gasteiger partial charge >= 0.3 is 6.03 Å². The van der Waals surface area contributed by atoms with E-state index < -0.39 is 6.03 Å². The Morgan fingerprint density at radius 3 is 2.55 bits per heavy atom. The quantitative estimate of drug-likeness (QED) is 0.563. The molecule has 0 fully saturated rings. The Hall–Kier alpha value is -3.08. The Balaban J connectivity index is 2.00. The van der Waals surface area contributed by atoms with Crippen molar-refractivity contribution in [2.75, 3.05) is 5.01 Å². The van der Waals surface area contributed by atoms with Crippen LogP contribution >= 0.6 is 0 Å². The summed E-state index contributed by atoms with van der Waals surface area (Å²) in [6.45, 7) is 1.97. The molecular formula is C17H16N4O. The molecule has 0 radical (unpaired) electrons. The van der Waals surface area contributed by atoms with Crippen molar-refractivity contribution in [1.82, 2.24) is 4.98 Å². The number of H-pyrrole nitrogens is 1. The number of primary amides is 1. The normalized spacial score (nSPS) is 11.1. The molecule has 110 valence electrons. The van der Waals surface area contributed by atoms with Gasteiger partial charge in [0.05, 0.1) is 11.9 Å². The third-order valence-corrected chi connectivity index (χ3v) is 3.46. The maximum Gasteiger partial charge on any atom is 0.340 e. The fraction of sp³-hybridized carbons (Fsp3) is 0.0588. The second-order valence-corrected chi connectivity index (χ2v) is 4.94. The summed E-state index contributed by atoms with van der Waals surface area (Å²) >= 11 is 0. The summed E-state index contributed by atoms with van der Waals surface area (Å²) in [5.41, 5.74) is 9.02. The smallest absolute Gasteiger partial charge is 0.340 e. The molecule has 0 saturated carbocycles. The molecular weight excluding hydrogens is 276 g/mol. The monoisotopic (exact) mass is 292 g/mol. The maximum absolute atomic E-state index is 11.6. The van der Waals surface area contributed by atoms with Gasteiger partial charge in [-0.25, -0.2) is 4.79 Å². The molecule has 2 aromatic carbocycles. The summed E-state index contributed by atoms with van der Waals surface area (Å²) in [7, 11) is 0. The number of carbonyl (C=O) groups is 1. The molecule has 0 aliphatic rings. The number of urea groups is 1. The first-order valence-electron chi connectivity index (χ1n) is 6.92. The van der Waals surface area contributed by atoms with E-state index in [2.05, 4.69) is 10.1 Å². The number of aromatic nitrogens is 1. The molecule has 5 nitrogen and oxygen atoms in total. The molecule has 0 bridgehead atoms. The standard InChI is InChI=1S/C17H16N4O/c1-12-15(14-9-5-6-10-16(14)20-12)11-19-21(17(18)22)13-7-3-2-4-8-13/h2-11,20H,1H3,(H2,18,22)/b19-11-. The number of nitrogens with one attached hydrogen (secondary N) is 1. The van der Waals surface area contributed by atoms with Crippen molar-refractivity contribution in [3.05, 3.63) is 65.9 Å². The Kier molecular flexibility index (Phi) is 3.62. The topological polar surface area (TPSA) is 74.5 Å². The molecule has 0 atom stereocenters. The summed E-state index contributed by atoms with van der Waals surface area (Å²) in [6.07, 6.45) is 1.66. The van der Waals surface area contributed by atoms with Crippen molar-refractivity contribution >= 4 is 28.8 Å². The van der Waals surface area contributed by atoms with Crippen LogP contribution < -0.4 is 10.7 Å². The van der Waals surface area contributed by atoms with Crippen LogP contribution in [0.25, 0.3) is 10.9 Å². The average molecular weight is 292 g/mol. The van der Waals surface area contributed by atoms with Gasteiger partial charge in [-0.15, -0.1) is 0 Å². The van der Waals surface area contributed by atoms with Crippen LogP contribution in [0.5, 0.6) is 0 Å². The molecule has 3 rings (SSSR count). The van der Waals surface area contributed by atoms with E-state index in [0.29, 0.717) is 5.69 Å². The van der Waals surface area contributed by atoms with Crippen molar-refractivity contribution in [2.45, 2.75) is 6.92 Å². The van der Waals surface area contributed by atoms with Gasteiger partial charge in [-0.2, -0.15) is 10.1 Å². The zero-order valence-electron chi connectivity index (χ0n) is 12.2. The Bertz CT molecular complexity index is 836. The lowest BCUT2D eigenvalue weighted by molar-refractivity contribution is 0.254. The van der Waals surface area contributed by atoms with E-state index >= 15 is 0 Å². The van der Waals surface area contributed by atoms with Crippen LogP contribution in [0.3, 0.4) is 0 Å². The van der Waals surface area contributed by atoms with Crippen LogP contribution in [-0.4, -0.2) is 17.2 Å². The van der Waals surface area contributed by atoms with Crippen molar-refractivity contribution in [3.8, 4) is 0 Å². The molecule has 3 N–H and O–H groups in total. The summed E-state index contributed by atoms with van der Waals surface area (Å²) in [5, 5.41) is 6.50. The largest absolute Gasteiger partial charge is 0.358 e. The number of anilines is 1. The fourth-order valence-corrected chi connectivity index (χ4v) is 2.40. The number of amides is 2. The zero-order chi connectivity index (χ0) is 15.5. The highest BCUT2D eigenvalue weighted by Crippen LogP contribution is 2.21. The van der Waals surface area contributed by atoms with Crippen molar-refractivity contribution in [3.63, 3.8) is 0 Å². The first kappa shape index (κ1) is 13.9. The van der Waals surface area contributed by atoms with Gasteiger partial charge in [0.1, 0.15) is 0 Å². The summed E-state index contributed by atoms with van der Waals surface area (Å²) in [5.74, 6) is 0. The molecule has 1 aromatic heterocycles. The second kappa shape index (κ2) is 5.73. The van der Waals surface area contributed by atoms with Crippen molar-refractivity contribution in [2.24, 2.45) is 10.8 Å². The minimum absolute atomic E-state index is 0.625. The number of rotatable bonds is 3. The number of hydrazone groups is 1. The first-order valence-corrected chi connectivity index (χ1v) is 6.92. The number of hydrogen-bond acceptors (Lipinski definition) is 2. The molecule has 0 aliphatic heterocycles. The highest BCUT2D eigenvalue weighted by Gasteiger charge is 2.11. The number of aromatic amines is 1. The minimum atomic E-state index is -0.625. The number of nitrogens with two attached hydrogens (primary N) is 1.